The van der Waals surface area contributed by atoms with E-state index in [1.165, 1.54) is 31.2 Å². The summed E-state index contributed by atoms with van der Waals surface area (Å²) in [5, 5.41) is 7.48. The smallest absolute Gasteiger partial charge is 0.267 e. The van der Waals surface area contributed by atoms with Crippen LogP contribution in [-0.2, 0) is 20.1 Å². The fraction of sp³-hybridized carbons (Fsp3) is 0.417. The van der Waals surface area contributed by atoms with E-state index in [0.29, 0.717) is 5.56 Å². The van der Waals surface area contributed by atoms with Crippen LogP contribution in [0.25, 0.3) is 0 Å². The lowest BCUT2D eigenvalue weighted by Gasteiger charge is -2.21. The Morgan fingerprint density at radius 3 is 2.23 bits per heavy atom. The van der Waals surface area contributed by atoms with Crippen molar-refractivity contribution in [2.45, 2.75) is 24.8 Å². The van der Waals surface area contributed by atoms with Crippen molar-refractivity contribution < 1.29 is 26.1 Å². The average molecular weight is 348 g/mol. The first-order chi connectivity index (χ1) is 10.0. The zero-order valence-electron chi connectivity index (χ0n) is 11.9. The highest BCUT2D eigenvalue weighted by Crippen LogP contribution is 2.16. The number of rotatable bonds is 7. The molecule has 0 aliphatic carbocycles. The highest BCUT2D eigenvalue weighted by molar-refractivity contribution is 7.88. The van der Waals surface area contributed by atoms with Crippen LogP contribution in [0.15, 0.2) is 24.3 Å². The predicted molar refractivity (Wildman–Crippen MR) is 79.2 cm³/mol. The molecule has 8 nitrogen and oxygen atoms in total. The lowest BCUT2D eigenvalue weighted by atomic mass is 10.2. The highest BCUT2D eigenvalue weighted by Gasteiger charge is 2.25. The van der Waals surface area contributed by atoms with Crippen molar-refractivity contribution in [3.8, 4) is 11.8 Å². The van der Waals surface area contributed by atoms with Crippen LogP contribution in [0.5, 0.6) is 5.75 Å². The first kappa shape index (κ1) is 18.4. The second-order valence-corrected chi connectivity index (χ2v) is 8.31. The van der Waals surface area contributed by atoms with Crippen molar-refractivity contribution in [3.63, 3.8) is 0 Å². The Labute approximate surface area is 129 Å². The molecular formula is C12H16N2O6S2. The molecule has 1 rings (SSSR count). The Kier molecular flexibility index (Phi) is 5.90. The van der Waals surface area contributed by atoms with Crippen LogP contribution >= 0.6 is 0 Å². The van der Waals surface area contributed by atoms with E-state index < -0.39 is 31.6 Å². The molecule has 0 bridgehead atoms. The van der Waals surface area contributed by atoms with Crippen LogP contribution in [-0.4, -0.2) is 39.1 Å². The molecule has 2 atom stereocenters. The molecule has 0 saturated carbocycles. The molecule has 2 N–H and O–H groups in total. The molecule has 2 unspecified atom stereocenters. The number of hydrogen-bond donors (Lipinski definition) is 2. The van der Waals surface area contributed by atoms with Gasteiger partial charge in [-0.2, -0.15) is 18.4 Å². The van der Waals surface area contributed by atoms with Gasteiger partial charge in [-0.15, -0.1) is 0 Å². The molecule has 1 aromatic rings. The topological polar surface area (TPSA) is 134 Å². The van der Waals surface area contributed by atoms with Gasteiger partial charge >= 0.3 is 0 Å². The summed E-state index contributed by atoms with van der Waals surface area (Å²) >= 11 is 0. The van der Waals surface area contributed by atoms with E-state index in [0.717, 1.165) is 6.26 Å². The first-order valence-electron chi connectivity index (χ1n) is 6.11. The van der Waals surface area contributed by atoms with E-state index in [1.807, 2.05) is 6.07 Å². The van der Waals surface area contributed by atoms with Gasteiger partial charge in [0, 0.05) is 6.42 Å². The summed E-state index contributed by atoms with van der Waals surface area (Å²) in [6.07, 6.45) is -0.563. The number of hydrogen-bond acceptors (Lipinski definition) is 6. The number of ether oxygens (including phenoxy) is 1. The molecule has 0 fully saturated rings. The third-order valence-corrected chi connectivity index (χ3v) is 4.56. The molecule has 10 heteroatoms. The zero-order chi connectivity index (χ0) is 17.0. The van der Waals surface area contributed by atoms with E-state index in [4.69, 9.17) is 14.6 Å². The Balaban J connectivity index is 2.92. The summed E-state index contributed by atoms with van der Waals surface area (Å²) in [7, 11) is -7.97. The van der Waals surface area contributed by atoms with Gasteiger partial charge in [-0.25, -0.2) is 8.42 Å². The Morgan fingerprint density at radius 1 is 1.27 bits per heavy atom. The fourth-order valence-electron chi connectivity index (χ4n) is 1.55. The van der Waals surface area contributed by atoms with Gasteiger partial charge in [0.15, 0.2) is 6.23 Å². The summed E-state index contributed by atoms with van der Waals surface area (Å²) in [5.74, 6) is 0.252. The minimum atomic E-state index is -4.31. The molecule has 0 saturated heterocycles. The minimum absolute atomic E-state index is 0.252. The van der Waals surface area contributed by atoms with Crippen LogP contribution < -0.4 is 9.46 Å². The summed E-state index contributed by atoms with van der Waals surface area (Å²) in [6, 6.07) is 7.76. The SMILES string of the molecule is CC(CC(NS(C)(=O)=O)Oc1ccc(C#N)cc1)S(=O)(=O)O. The molecule has 0 aromatic heterocycles. The van der Waals surface area contributed by atoms with Crippen molar-refractivity contribution in [2.75, 3.05) is 6.26 Å². The lowest BCUT2D eigenvalue weighted by Crippen LogP contribution is -2.41. The quantitative estimate of drug-likeness (QED) is 0.540. The van der Waals surface area contributed by atoms with Gasteiger partial charge in [-0.3, -0.25) is 4.55 Å². The van der Waals surface area contributed by atoms with Gasteiger partial charge in [0.2, 0.25) is 10.0 Å². The normalized spacial score (nSPS) is 14.8. The van der Waals surface area contributed by atoms with Crippen molar-refractivity contribution in [3.05, 3.63) is 29.8 Å². The summed E-state index contributed by atoms with van der Waals surface area (Å²) in [6.45, 7) is 1.23. The number of nitrogens with zero attached hydrogens (tertiary/aromatic N) is 1. The summed E-state index contributed by atoms with van der Waals surface area (Å²) in [4.78, 5) is 0. The molecule has 0 heterocycles. The maximum absolute atomic E-state index is 11.3. The second kappa shape index (κ2) is 7.06. The first-order valence-corrected chi connectivity index (χ1v) is 9.51. The van der Waals surface area contributed by atoms with Gasteiger partial charge < -0.3 is 4.74 Å². The average Bonchev–Trinajstić information content (AvgIpc) is 2.36. The molecule has 0 spiro atoms. The Bertz CT molecular complexity index is 750. The molecule has 122 valence electrons. The standard InChI is InChI=1S/C12H16N2O6S2/c1-9(22(17,18)19)7-12(14-21(2,15)16)20-11-5-3-10(8-13)4-6-11/h3-6,9,12,14H,7H2,1-2H3,(H,17,18,19). The van der Waals surface area contributed by atoms with Gasteiger partial charge in [0.1, 0.15) is 5.75 Å². The van der Waals surface area contributed by atoms with Gasteiger partial charge in [0.25, 0.3) is 10.1 Å². The van der Waals surface area contributed by atoms with Crippen LogP contribution in [0, 0.1) is 11.3 Å². The third-order valence-electron chi connectivity index (χ3n) is 2.66. The van der Waals surface area contributed by atoms with E-state index in [1.54, 1.807) is 0 Å². The van der Waals surface area contributed by atoms with Crippen molar-refractivity contribution in [2.24, 2.45) is 0 Å². The van der Waals surface area contributed by atoms with Crippen LogP contribution in [0.2, 0.25) is 0 Å². The largest absolute Gasteiger partial charge is 0.474 e. The highest BCUT2D eigenvalue weighted by atomic mass is 32.2. The van der Waals surface area contributed by atoms with E-state index in [2.05, 4.69) is 4.72 Å². The number of nitrogens with one attached hydrogen (secondary N) is 1. The maximum Gasteiger partial charge on any atom is 0.267 e. The van der Waals surface area contributed by atoms with Gasteiger partial charge in [0.05, 0.1) is 23.1 Å². The van der Waals surface area contributed by atoms with Crippen LogP contribution in [0.1, 0.15) is 18.9 Å². The molecule has 22 heavy (non-hydrogen) atoms. The van der Waals surface area contributed by atoms with Crippen molar-refractivity contribution in [1.82, 2.24) is 4.72 Å². The number of benzene rings is 1. The van der Waals surface area contributed by atoms with Crippen LogP contribution in [0.4, 0.5) is 0 Å². The van der Waals surface area contributed by atoms with E-state index in [-0.39, 0.29) is 12.2 Å². The van der Waals surface area contributed by atoms with Gasteiger partial charge in [-0.1, -0.05) is 0 Å². The molecule has 0 aliphatic rings. The fourth-order valence-corrected chi connectivity index (χ4v) is 2.59. The second-order valence-electron chi connectivity index (χ2n) is 4.69. The molecule has 0 aliphatic heterocycles. The van der Waals surface area contributed by atoms with E-state index in [9.17, 15) is 16.8 Å². The maximum atomic E-state index is 11.3. The predicted octanol–water partition coefficient (Wildman–Crippen LogP) is 0.479. The lowest BCUT2D eigenvalue weighted by molar-refractivity contribution is 0.178. The number of sulfonamides is 1. The van der Waals surface area contributed by atoms with Crippen LogP contribution in [0.3, 0.4) is 0 Å². The van der Waals surface area contributed by atoms with Crippen molar-refractivity contribution >= 4 is 20.1 Å². The van der Waals surface area contributed by atoms with E-state index >= 15 is 0 Å². The summed E-state index contributed by atoms with van der Waals surface area (Å²) in [5.41, 5.74) is 0.395. The molecule has 0 amide bonds. The Hall–Kier alpha value is -1.67. The monoisotopic (exact) mass is 348 g/mol. The zero-order valence-corrected chi connectivity index (χ0v) is 13.6. The minimum Gasteiger partial charge on any atom is -0.474 e. The third kappa shape index (κ3) is 6.40. The molecule has 1 aromatic carbocycles. The molecular weight excluding hydrogens is 332 g/mol. The van der Waals surface area contributed by atoms with Gasteiger partial charge in [-0.05, 0) is 31.2 Å². The molecule has 0 radical (unpaired) electrons. The summed E-state index contributed by atoms with van der Waals surface area (Å²) < 4.78 is 61.2. The number of nitriles is 1. The Morgan fingerprint density at radius 2 is 1.82 bits per heavy atom. The van der Waals surface area contributed by atoms with Crippen molar-refractivity contribution in [1.29, 1.82) is 5.26 Å².